The molecule has 1 atom stereocenters. The van der Waals surface area contributed by atoms with Gasteiger partial charge in [0.15, 0.2) is 0 Å². The molecule has 0 aromatic heterocycles. The Morgan fingerprint density at radius 2 is 1.62 bits per heavy atom. The van der Waals surface area contributed by atoms with Crippen LogP contribution in [0.4, 0.5) is 5.69 Å². The van der Waals surface area contributed by atoms with Crippen LogP contribution in [0, 0.1) is 0 Å². The van der Waals surface area contributed by atoms with Gasteiger partial charge in [0.1, 0.15) is 6.17 Å². The Bertz CT molecular complexity index is 935. The number of carbonyl (C=O) groups excluding carboxylic acids is 1. The first-order valence-electron chi connectivity index (χ1n) is 7.72. The molecule has 0 saturated carbocycles. The zero-order valence-electron chi connectivity index (χ0n) is 13.3. The Morgan fingerprint density at radius 3 is 2.35 bits per heavy atom. The molecule has 0 aliphatic heterocycles. The molecule has 0 heterocycles. The van der Waals surface area contributed by atoms with Gasteiger partial charge < -0.3 is 10.6 Å². The molecule has 7 heteroatoms. The number of nitrogens with one attached hydrogen (secondary N) is 2. The van der Waals surface area contributed by atoms with Crippen LogP contribution in [0.25, 0.3) is 10.8 Å². The first-order chi connectivity index (χ1) is 12.3. The predicted molar refractivity (Wildman–Crippen MR) is 111 cm³/mol. The van der Waals surface area contributed by atoms with E-state index in [1.165, 1.54) is 0 Å². The van der Waals surface area contributed by atoms with E-state index in [9.17, 15) is 4.79 Å². The molecule has 0 unspecified atom stereocenters. The van der Waals surface area contributed by atoms with E-state index in [1.807, 2.05) is 42.5 Å². The summed E-state index contributed by atoms with van der Waals surface area (Å²) in [4.78, 5) is 12.5. The summed E-state index contributed by atoms with van der Waals surface area (Å²) in [6, 6.07) is 20.1. The summed E-state index contributed by atoms with van der Waals surface area (Å²) in [6.45, 7) is 0. The number of benzene rings is 3. The summed E-state index contributed by atoms with van der Waals surface area (Å²) < 4.78 is -1.77. The van der Waals surface area contributed by atoms with Crippen LogP contribution in [-0.4, -0.2) is 15.9 Å². The maximum atomic E-state index is 12.5. The number of amides is 1. The lowest BCUT2D eigenvalue weighted by Gasteiger charge is -2.28. The Balaban J connectivity index is 1.88. The Morgan fingerprint density at radius 1 is 0.923 bits per heavy atom. The number of anilines is 1. The van der Waals surface area contributed by atoms with Crippen LogP contribution in [0.2, 0.25) is 5.02 Å². The lowest BCUT2D eigenvalue weighted by Crippen LogP contribution is -2.49. The Labute approximate surface area is 171 Å². The fraction of sp³-hybridized carbons (Fsp3) is 0.105. The predicted octanol–water partition coefficient (Wildman–Crippen LogP) is 6.03. The van der Waals surface area contributed by atoms with E-state index >= 15 is 0 Å². The molecular formula is C19H14Cl4N2O. The van der Waals surface area contributed by atoms with Gasteiger partial charge in [0.25, 0.3) is 5.91 Å². The molecule has 0 fully saturated rings. The number of hydrogen-bond acceptors (Lipinski definition) is 2. The number of hydrogen-bond donors (Lipinski definition) is 2. The fourth-order valence-corrected chi connectivity index (χ4v) is 3.07. The summed E-state index contributed by atoms with van der Waals surface area (Å²) in [6.07, 6.45) is -0.954. The van der Waals surface area contributed by atoms with Crippen molar-refractivity contribution in [1.82, 2.24) is 5.32 Å². The van der Waals surface area contributed by atoms with Crippen molar-refractivity contribution < 1.29 is 4.79 Å². The van der Waals surface area contributed by atoms with Gasteiger partial charge in [0.2, 0.25) is 3.79 Å². The monoisotopic (exact) mass is 426 g/mol. The molecule has 3 aromatic rings. The minimum Gasteiger partial charge on any atom is -0.361 e. The van der Waals surface area contributed by atoms with E-state index in [0.29, 0.717) is 10.6 Å². The summed E-state index contributed by atoms with van der Waals surface area (Å²) in [5.74, 6) is -0.406. The maximum absolute atomic E-state index is 12.5. The number of halogens is 4. The van der Waals surface area contributed by atoms with Gasteiger partial charge in [-0.15, -0.1) is 0 Å². The van der Waals surface area contributed by atoms with E-state index in [0.717, 1.165) is 16.5 Å². The highest BCUT2D eigenvalue weighted by Crippen LogP contribution is 2.33. The normalized spacial score (nSPS) is 12.6. The lowest BCUT2D eigenvalue weighted by molar-refractivity contribution is 0.0942. The van der Waals surface area contributed by atoms with Crippen LogP contribution < -0.4 is 10.6 Å². The molecule has 0 aliphatic carbocycles. The second kappa shape index (κ2) is 7.93. The summed E-state index contributed by atoms with van der Waals surface area (Å²) in [5, 5.41) is 8.25. The SMILES string of the molecule is O=C(N[C@H](Nc1cccc2ccccc12)C(Cl)(Cl)Cl)c1cccc(Cl)c1. The highest BCUT2D eigenvalue weighted by molar-refractivity contribution is 6.68. The van der Waals surface area contributed by atoms with Gasteiger partial charge >= 0.3 is 0 Å². The van der Waals surface area contributed by atoms with Gasteiger partial charge in [-0.25, -0.2) is 0 Å². The molecule has 0 spiro atoms. The largest absolute Gasteiger partial charge is 0.361 e. The van der Waals surface area contributed by atoms with E-state index in [4.69, 9.17) is 46.4 Å². The molecule has 0 radical (unpaired) electrons. The Hall–Kier alpha value is -1.65. The quantitative estimate of drug-likeness (QED) is 0.394. The van der Waals surface area contributed by atoms with Crippen molar-refractivity contribution in [3.63, 3.8) is 0 Å². The molecule has 2 N–H and O–H groups in total. The van der Waals surface area contributed by atoms with Gasteiger partial charge in [0, 0.05) is 21.7 Å². The number of rotatable bonds is 4. The van der Waals surface area contributed by atoms with Crippen molar-refractivity contribution in [3.05, 3.63) is 77.3 Å². The highest BCUT2D eigenvalue weighted by atomic mass is 35.6. The van der Waals surface area contributed by atoms with Crippen molar-refractivity contribution >= 4 is 68.8 Å². The van der Waals surface area contributed by atoms with E-state index in [1.54, 1.807) is 24.3 Å². The van der Waals surface area contributed by atoms with Crippen molar-refractivity contribution in [2.45, 2.75) is 9.96 Å². The average molecular weight is 428 g/mol. The average Bonchev–Trinajstić information content (AvgIpc) is 2.60. The van der Waals surface area contributed by atoms with Crippen molar-refractivity contribution in [1.29, 1.82) is 0 Å². The minimum atomic E-state index is -1.77. The summed E-state index contributed by atoms with van der Waals surface area (Å²) >= 11 is 24.2. The topological polar surface area (TPSA) is 41.1 Å². The molecule has 0 aliphatic rings. The van der Waals surface area contributed by atoms with Crippen molar-refractivity contribution in [3.8, 4) is 0 Å². The first kappa shape index (κ1) is 19.1. The van der Waals surface area contributed by atoms with Gasteiger partial charge in [-0.3, -0.25) is 4.79 Å². The molecule has 1 amide bonds. The van der Waals surface area contributed by atoms with Crippen molar-refractivity contribution in [2.75, 3.05) is 5.32 Å². The van der Waals surface area contributed by atoms with Crippen LogP contribution in [0.5, 0.6) is 0 Å². The fourth-order valence-electron chi connectivity index (χ4n) is 2.55. The van der Waals surface area contributed by atoms with Crippen LogP contribution in [0.15, 0.2) is 66.7 Å². The zero-order chi connectivity index (χ0) is 18.7. The third-order valence-electron chi connectivity index (χ3n) is 3.78. The van der Waals surface area contributed by atoms with Gasteiger partial charge in [-0.1, -0.05) is 88.9 Å². The van der Waals surface area contributed by atoms with Crippen LogP contribution in [0.3, 0.4) is 0 Å². The molecule has 26 heavy (non-hydrogen) atoms. The number of carbonyl (C=O) groups is 1. The lowest BCUT2D eigenvalue weighted by atomic mass is 10.1. The zero-order valence-corrected chi connectivity index (χ0v) is 16.4. The van der Waals surface area contributed by atoms with Crippen molar-refractivity contribution in [2.24, 2.45) is 0 Å². The van der Waals surface area contributed by atoms with Crippen LogP contribution >= 0.6 is 46.4 Å². The third kappa shape index (κ3) is 4.54. The number of alkyl halides is 3. The first-order valence-corrected chi connectivity index (χ1v) is 9.23. The van der Waals surface area contributed by atoms with Crippen LogP contribution in [0.1, 0.15) is 10.4 Å². The third-order valence-corrected chi connectivity index (χ3v) is 4.67. The standard InChI is InChI=1S/C19H14Cl4N2O/c20-14-8-3-7-13(11-14)17(26)25-18(19(21,22)23)24-16-10-4-6-12-5-1-2-9-15(12)16/h1-11,18,24H,(H,25,26)/t18-/m0/s1. The molecule has 3 aromatic carbocycles. The molecule has 134 valence electrons. The molecule has 0 saturated heterocycles. The van der Waals surface area contributed by atoms with E-state index in [2.05, 4.69) is 10.6 Å². The van der Waals surface area contributed by atoms with Gasteiger partial charge in [-0.05, 0) is 29.7 Å². The summed E-state index contributed by atoms with van der Waals surface area (Å²) in [5.41, 5.74) is 1.11. The van der Waals surface area contributed by atoms with Gasteiger partial charge in [-0.2, -0.15) is 0 Å². The maximum Gasteiger partial charge on any atom is 0.253 e. The van der Waals surface area contributed by atoms with E-state index in [-0.39, 0.29) is 0 Å². The van der Waals surface area contributed by atoms with E-state index < -0.39 is 15.9 Å². The Kier molecular flexibility index (Phi) is 5.83. The second-order valence-electron chi connectivity index (χ2n) is 5.63. The molecular weight excluding hydrogens is 414 g/mol. The molecule has 3 rings (SSSR count). The smallest absolute Gasteiger partial charge is 0.253 e. The molecule has 0 bridgehead atoms. The summed E-state index contributed by atoms with van der Waals surface area (Å²) in [7, 11) is 0. The number of fused-ring (bicyclic) bond motifs is 1. The second-order valence-corrected chi connectivity index (χ2v) is 8.43. The van der Waals surface area contributed by atoms with Crippen LogP contribution in [-0.2, 0) is 0 Å². The molecule has 3 nitrogen and oxygen atoms in total. The minimum absolute atomic E-state index is 0.372. The highest BCUT2D eigenvalue weighted by Gasteiger charge is 2.34. The van der Waals surface area contributed by atoms with Gasteiger partial charge in [0.05, 0.1) is 0 Å².